The number of hydrogen-bond donors (Lipinski definition) is 3. The smallest absolute Gasteiger partial charge is 0.324 e. The van der Waals surface area contributed by atoms with Crippen LogP contribution in [0.15, 0.2) is 59.3 Å². The van der Waals surface area contributed by atoms with Gasteiger partial charge in [0.25, 0.3) is 5.91 Å². The van der Waals surface area contributed by atoms with Gasteiger partial charge in [-0.05, 0) is 30.3 Å². The average molecular weight is 544 g/mol. The molecular weight excluding hydrogens is 514 g/mol. The van der Waals surface area contributed by atoms with E-state index in [1.165, 1.54) is 0 Å². The van der Waals surface area contributed by atoms with Crippen LogP contribution in [0.25, 0.3) is 26.4 Å². The van der Waals surface area contributed by atoms with Gasteiger partial charge in [-0.1, -0.05) is 49.4 Å². The normalized spacial score (nSPS) is 14.2. The molecule has 5 aromatic rings. The molecule has 6 rings (SSSR count). The van der Waals surface area contributed by atoms with E-state index in [0.717, 1.165) is 52.6 Å². The zero-order valence-electron chi connectivity index (χ0n) is 21.9. The molecule has 0 radical (unpaired) electrons. The number of hydrogen-bond acceptors (Lipinski definition) is 7. The molecule has 0 atom stereocenters. The van der Waals surface area contributed by atoms with Gasteiger partial charge in [-0.15, -0.1) is 0 Å². The molecule has 0 bridgehead atoms. The van der Waals surface area contributed by atoms with E-state index in [4.69, 9.17) is 9.51 Å². The first-order chi connectivity index (χ1) is 18.7. The molecule has 1 aliphatic heterocycles. The topological polar surface area (TPSA) is 117 Å². The van der Waals surface area contributed by atoms with E-state index in [-0.39, 0.29) is 11.3 Å². The van der Waals surface area contributed by atoms with E-state index in [2.05, 4.69) is 25.5 Å². The summed E-state index contributed by atoms with van der Waals surface area (Å²) in [5.74, 6) is 1.13. The summed E-state index contributed by atoms with van der Waals surface area (Å²) in [6.07, 6.45) is 2.00. The number of fused-ring (bicyclic) bond motifs is 3. The molecule has 0 spiro atoms. The molecule has 0 unspecified atom stereocenters. The van der Waals surface area contributed by atoms with E-state index < -0.39 is 6.03 Å². The van der Waals surface area contributed by atoms with Crippen molar-refractivity contribution in [2.24, 2.45) is 0 Å². The first kappa shape index (κ1) is 25.1. The molecule has 1 saturated heterocycles. The summed E-state index contributed by atoms with van der Waals surface area (Å²) in [4.78, 5) is 32.9. The molecule has 39 heavy (non-hydrogen) atoms. The van der Waals surface area contributed by atoms with E-state index in [1.807, 2.05) is 74.3 Å². The summed E-state index contributed by atoms with van der Waals surface area (Å²) >= 11 is 1.56. The monoisotopic (exact) mass is 543 g/mol. The van der Waals surface area contributed by atoms with Crippen molar-refractivity contribution in [3.05, 3.63) is 66.1 Å². The van der Waals surface area contributed by atoms with Crippen molar-refractivity contribution in [3.63, 3.8) is 0 Å². The molecule has 1 aliphatic rings. The largest absolute Gasteiger partial charge is 0.359 e. The van der Waals surface area contributed by atoms with Gasteiger partial charge in [0.2, 0.25) is 0 Å². The maximum absolute atomic E-state index is 12.9. The van der Waals surface area contributed by atoms with Crippen molar-refractivity contribution < 1.29 is 14.1 Å². The minimum Gasteiger partial charge on any atom is -0.359 e. The Hall–Kier alpha value is -4.22. The number of amides is 3. The molecule has 3 aromatic heterocycles. The van der Waals surface area contributed by atoms with Crippen LogP contribution in [0.3, 0.4) is 0 Å². The third kappa shape index (κ3) is 5.10. The summed E-state index contributed by atoms with van der Waals surface area (Å²) < 4.78 is 8.39. The molecule has 2 aromatic carbocycles. The number of benzene rings is 2. The van der Waals surface area contributed by atoms with Crippen LogP contribution in [0.1, 0.15) is 36.9 Å². The number of thiazole rings is 1. The Morgan fingerprint density at radius 2 is 1.79 bits per heavy atom. The van der Waals surface area contributed by atoms with Gasteiger partial charge in [0.15, 0.2) is 10.8 Å². The van der Waals surface area contributed by atoms with Crippen LogP contribution >= 0.6 is 11.3 Å². The van der Waals surface area contributed by atoms with Gasteiger partial charge in [0, 0.05) is 60.7 Å². The Balaban J connectivity index is 1.14. The Morgan fingerprint density at radius 1 is 1.03 bits per heavy atom. The second-order valence-corrected chi connectivity index (χ2v) is 11.6. The second-order valence-electron chi connectivity index (χ2n) is 10.6. The van der Waals surface area contributed by atoms with Crippen molar-refractivity contribution in [2.75, 3.05) is 36.8 Å². The highest BCUT2D eigenvalue weighted by Gasteiger charge is 2.21. The first-order valence-corrected chi connectivity index (χ1v) is 13.6. The summed E-state index contributed by atoms with van der Waals surface area (Å²) in [6.45, 7) is 9.15. The zero-order valence-corrected chi connectivity index (χ0v) is 22.8. The summed E-state index contributed by atoms with van der Waals surface area (Å²) in [5, 5.41) is 12.7. The van der Waals surface area contributed by atoms with Crippen LogP contribution in [0, 0.1) is 0 Å². The maximum atomic E-state index is 12.9. The molecule has 11 heteroatoms. The third-order valence-corrected chi connectivity index (χ3v) is 7.69. The highest BCUT2D eigenvalue weighted by Crippen LogP contribution is 2.31. The van der Waals surface area contributed by atoms with Crippen LogP contribution in [0.5, 0.6) is 0 Å². The van der Waals surface area contributed by atoms with Crippen molar-refractivity contribution >= 4 is 50.0 Å². The highest BCUT2D eigenvalue weighted by atomic mass is 32.1. The van der Waals surface area contributed by atoms with Crippen molar-refractivity contribution in [3.8, 4) is 11.3 Å². The van der Waals surface area contributed by atoms with Crippen LogP contribution in [-0.2, 0) is 5.41 Å². The van der Waals surface area contributed by atoms with Crippen molar-refractivity contribution in [2.45, 2.75) is 26.2 Å². The Kier molecular flexibility index (Phi) is 6.32. The fourth-order valence-electron chi connectivity index (χ4n) is 4.51. The first-order valence-electron chi connectivity index (χ1n) is 12.8. The molecule has 1 fully saturated rings. The van der Waals surface area contributed by atoms with E-state index in [1.54, 1.807) is 17.4 Å². The van der Waals surface area contributed by atoms with Crippen LogP contribution in [0.2, 0.25) is 0 Å². The standard InChI is InChI=1S/C28H29N7O3S/c1-28(2,3)23-15-24(33-38-23)32-26(37)30-19-7-4-17(5-8-19)20-16-35-21-9-6-18(14-22(21)39-27(35)31-20)25(36)34-12-10-29-11-13-34/h4-9,14-16,29H,10-13H2,1-3H3,(H2,30,32,33,37). The Labute approximate surface area is 229 Å². The van der Waals surface area contributed by atoms with Crippen molar-refractivity contribution in [1.29, 1.82) is 0 Å². The number of aromatic nitrogens is 3. The third-order valence-electron chi connectivity index (χ3n) is 6.67. The Morgan fingerprint density at radius 3 is 2.51 bits per heavy atom. The van der Waals surface area contributed by atoms with Crippen LogP contribution in [-0.4, -0.2) is 57.6 Å². The molecule has 0 aliphatic carbocycles. The van der Waals surface area contributed by atoms with Gasteiger partial charge in [-0.2, -0.15) is 0 Å². The van der Waals surface area contributed by atoms with Gasteiger partial charge in [-0.3, -0.25) is 14.5 Å². The quantitative estimate of drug-likeness (QED) is 0.287. The Bertz CT molecular complexity index is 1670. The van der Waals surface area contributed by atoms with E-state index in [0.29, 0.717) is 22.8 Å². The number of piperazine rings is 1. The fraction of sp³-hybridized carbons (Fsp3) is 0.286. The molecule has 3 N–H and O–H groups in total. The lowest BCUT2D eigenvalue weighted by molar-refractivity contribution is 0.0736. The van der Waals surface area contributed by atoms with Gasteiger partial charge in [0.1, 0.15) is 5.76 Å². The van der Waals surface area contributed by atoms with Crippen LogP contribution in [0.4, 0.5) is 16.3 Å². The number of rotatable bonds is 4. The molecular formula is C28H29N7O3S. The number of imidazole rings is 1. The van der Waals surface area contributed by atoms with Crippen LogP contribution < -0.4 is 16.0 Å². The predicted molar refractivity (Wildman–Crippen MR) is 153 cm³/mol. The maximum Gasteiger partial charge on any atom is 0.324 e. The number of carbonyl (C=O) groups is 2. The molecule has 10 nitrogen and oxygen atoms in total. The number of urea groups is 1. The second kappa shape index (κ2) is 9.83. The lowest BCUT2D eigenvalue weighted by Crippen LogP contribution is -2.46. The highest BCUT2D eigenvalue weighted by molar-refractivity contribution is 7.23. The molecule has 3 amide bonds. The number of nitrogens with one attached hydrogen (secondary N) is 3. The fourth-order valence-corrected chi connectivity index (χ4v) is 5.56. The van der Waals surface area contributed by atoms with Gasteiger partial charge in [0.05, 0.1) is 15.9 Å². The van der Waals surface area contributed by atoms with Crippen molar-refractivity contribution in [1.82, 2.24) is 24.8 Å². The predicted octanol–water partition coefficient (Wildman–Crippen LogP) is 5.19. The van der Waals surface area contributed by atoms with E-state index in [9.17, 15) is 9.59 Å². The molecule has 200 valence electrons. The minimum atomic E-state index is -0.403. The summed E-state index contributed by atoms with van der Waals surface area (Å²) in [7, 11) is 0. The summed E-state index contributed by atoms with van der Waals surface area (Å²) in [6, 6.07) is 14.7. The van der Waals surface area contributed by atoms with Gasteiger partial charge >= 0.3 is 6.03 Å². The van der Waals surface area contributed by atoms with E-state index >= 15 is 0 Å². The van der Waals surface area contributed by atoms with Gasteiger partial charge < -0.3 is 20.1 Å². The average Bonchev–Trinajstić information content (AvgIpc) is 3.64. The SMILES string of the molecule is CC(C)(C)c1cc(NC(=O)Nc2ccc(-c3cn4c(n3)sc3cc(C(=O)N5CCNCC5)ccc34)cc2)no1. The van der Waals surface area contributed by atoms with Gasteiger partial charge in [-0.25, -0.2) is 9.78 Å². The molecule has 0 saturated carbocycles. The lowest BCUT2D eigenvalue weighted by Gasteiger charge is -2.27. The number of nitrogens with zero attached hydrogens (tertiary/aromatic N) is 4. The lowest BCUT2D eigenvalue weighted by atomic mass is 9.93. The minimum absolute atomic E-state index is 0.0724. The number of carbonyl (C=O) groups excluding carboxylic acids is 2. The number of anilines is 2. The zero-order chi connectivity index (χ0) is 27.1. The molecule has 4 heterocycles. The summed E-state index contributed by atoms with van der Waals surface area (Å²) in [5.41, 5.74) is 3.94.